The number of hydrogen-bond donors (Lipinski definition) is 2. The van der Waals surface area contributed by atoms with Crippen molar-refractivity contribution in [3.63, 3.8) is 0 Å². The van der Waals surface area contributed by atoms with Gasteiger partial charge in [0.15, 0.2) is 11.5 Å². The maximum Gasteiger partial charge on any atom is 0.164 e. The molecule has 2 N–H and O–H groups in total. The highest BCUT2D eigenvalue weighted by Gasteiger charge is 2.40. The van der Waals surface area contributed by atoms with Crippen LogP contribution in [0.3, 0.4) is 0 Å². The molecule has 2 aliphatic heterocycles. The third kappa shape index (κ3) is 2.42. The molecule has 4 nitrogen and oxygen atoms in total. The van der Waals surface area contributed by atoms with Crippen molar-refractivity contribution in [1.29, 1.82) is 0 Å². The number of para-hydroxylation sites is 1. The number of phenolic OH excluding ortho intramolecular Hbond substituents is 1. The lowest BCUT2D eigenvalue weighted by atomic mass is 9.86. The van der Waals surface area contributed by atoms with Crippen LogP contribution in [0.2, 0.25) is 0 Å². The van der Waals surface area contributed by atoms with Gasteiger partial charge in [-0.15, -0.1) is 0 Å². The van der Waals surface area contributed by atoms with Crippen molar-refractivity contribution < 1.29 is 9.84 Å². The summed E-state index contributed by atoms with van der Waals surface area (Å²) in [6, 6.07) is 5.60. The summed E-state index contributed by atoms with van der Waals surface area (Å²) in [6.45, 7) is 5.46. The van der Waals surface area contributed by atoms with Crippen LogP contribution in [-0.2, 0) is 6.54 Å². The SMILES string of the molecule is COc1c(O)cccc1CN1CCC2(CCNC2)C1. The van der Waals surface area contributed by atoms with Crippen LogP contribution in [0.25, 0.3) is 0 Å². The molecule has 3 rings (SSSR count). The lowest BCUT2D eigenvalue weighted by molar-refractivity contribution is 0.264. The Labute approximate surface area is 114 Å². The Balaban J connectivity index is 1.71. The Morgan fingerprint density at radius 3 is 3.05 bits per heavy atom. The van der Waals surface area contributed by atoms with E-state index in [1.54, 1.807) is 13.2 Å². The molecule has 1 unspecified atom stereocenters. The first kappa shape index (κ1) is 12.8. The molecule has 2 fully saturated rings. The normalized spacial score (nSPS) is 27.2. The van der Waals surface area contributed by atoms with Crippen molar-refractivity contribution >= 4 is 0 Å². The average Bonchev–Trinajstić information content (AvgIpc) is 3.01. The van der Waals surface area contributed by atoms with E-state index in [1.807, 2.05) is 12.1 Å². The molecule has 1 aromatic rings. The maximum absolute atomic E-state index is 9.82. The van der Waals surface area contributed by atoms with Crippen LogP contribution in [-0.4, -0.2) is 43.3 Å². The number of rotatable bonds is 3. The van der Waals surface area contributed by atoms with E-state index in [9.17, 15) is 5.11 Å². The molecule has 0 amide bonds. The van der Waals surface area contributed by atoms with Crippen LogP contribution in [0.4, 0.5) is 0 Å². The Morgan fingerprint density at radius 2 is 2.32 bits per heavy atom. The third-order valence-corrected chi connectivity index (χ3v) is 4.52. The fraction of sp³-hybridized carbons (Fsp3) is 0.600. The molecule has 4 heteroatoms. The molecular formula is C15H22N2O2. The molecule has 0 saturated carbocycles. The van der Waals surface area contributed by atoms with Crippen molar-refractivity contribution in [2.45, 2.75) is 19.4 Å². The highest BCUT2D eigenvalue weighted by molar-refractivity contribution is 5.45. The first-order valence-electron chi connectivity index (χ1n) is 7.00. The number of nitrogens with one attached hydrogen (secondary N) is 1. The second-order valence-corrected chi connectivity index (χ2v) is 5.86. The monoisotopic (exact) mass is 262 g/mol. The van der Waals surface area contributed by atoms with E-state index >= 15 is 0 Å². The van der Waals surface area contributed by atoms with Gasteiger partial charge < -0.3 is 15.2 Å². The number of ether oxygens (including phenoxy) is 1. The summed E-state index contributed by atoms with van der Waals surface area (Å²) in [5, 5.41) is 13.3. The summed E-state index contributed by atoms with van der Waals surface area (Å²) in [7, 11) is 1.62. The number of phenols is 1. The Kier molecular flexibility index (Phi) is 3.37. The van der Waals surface area contributed by atoms with Gasteiger partial charge in [-0.3, -0.25) is 4.90 Å². The molecular weight excluding hydrogens is 240 g/mol. The third-order valence-electron chi connectivity index (χ3n) is 4.52. The molecule has 19 heavy (non-hydrogen) atoms. The standard InChI is InChI=1S/C15H22N2O2/c1-19-14-12(3-2-4-13(14)18)9-17-8-6-15(11-17)5-7-16-10-15/h2-4,16,18H,5-11H2,1H3. The Morgan fingerprint density at radius 1 is 1.42 bits per heavy atom. The van der Waals surface area contributed by atoms with Gasteiger partial charge in [0.05, 0.1) is 7.11 Å². The van der Waals surface area contributed by atoms with E-state index < -0.39 is 0 Å². The van der Waals surface area contributed by atoms with Crippen LogP contribution < -0.4 is 10.1 Å². The van der Waals surface area contributed by atoms with E-state index in [2.05, 4.69) is 10.2 Å². The Bertz CT molecular complexity index is 455. The zero-order valence-electron chi connectivity index (χ0n) is 11.5. The summed E-state index contributed by atoms with van der Waals surface area (Å²) in [5.74, 6) is 0.851. The van der Waals surface area contributed by atoms with Crippen LogP contribution in [0, 0.1) is 5.41 Å². The molecule has 2 saturated heterocycles. The van der Waals surface area contributed by atoms with Crippen LogP contribution >= 0.6 is 0 Å². The minimum Gasteiger partial charge on any atom is -0.504 e. The van der Waals surface area contributed by atoms with Crippen molar-refractivity contribution in [2.75, 3.05) is 33.3 Å². The van der Waals surface area contributed by atoms with E-state index in [-0.39, 0.29) is 5.75 Å². The van der Waals surface area contributed by atoms with Gasteiger partial charge in [-0.25, -0.2) is 0 Å². The van der Waals surface area contributed by atoms with Gasteiger partial charge in [0, 0.05) is 25.2 Å². The minimum absolute atomic E-state index is 0.233. The van der Waals surface area contributed by atoms with Crippen molar-refractivity contribution in [3.8, 4) is 11.5 Å². The fourth-order valence-corrected chi connectivity index (χ4v) is 3.48. The predicted molar refractivity (Wildman–Crippen MR) is 74.5 cm³/mol. The van der Waals surface area contributed by atoms with Gasteiger partial charge in [-0.2, -0.15) is 0 Å². The van der Waals surface area contributed by atoms with Crippen molar-refractivity contribution in [1.82, 2.24) is 10.2 Å². The van der Waals surface area contributed by atoms with Gasteiger partial charge in [0.1, 0.15) is 0 Å². The van der Waals surface area contributed by atoms with E-state index in [0.29, 0.717) is 11.2 Å². The number of methoxy groups -OCH3 is 1. The summed E-state index contributed by atoms with van der Waals surface area (Å²) in [5.41, 5.74) is 1.56. The van der Waals surface area contributed by atoms with Crippen molar-refractivity contribution in [3.05, 3.63) is 23.8 Å². The molecule has 0 aromatic heterocycles. The summed E-state index contributed by atoms with van der Waals surface area (Å²) in [4.78, 5) is 2.48. The zero-order chi connectivity index (χ0) is 13.3. The lowest BCUT2D eigenvalue weighted by Crippen LogP contribution is -2.29. The number of benzene rings is 1. The van der Waals surface area contributed by atoms with E-state index in [0.717, 1.165) is 38.3 Å². The smallest absolute Gasteiger partial charge is 0.164 e. The number of likely N-dealkylation sites (tertiary alicyclic amines) is 1. The van der Waals surface area contributed by atoms with Gasteiger partial charge in [-0.05, 0) is 37.4 Å². The number of nitrogens with zero attached hydrogens (tertiary/aromatic N) is 1. The fourth-order valence-electron chi connectivity index (χ4n) is 3.48. The topological polar surface area (TPSA) is 44.7 Å². The van der Waals surface area contributed by atoms with Gasteiger partial charge in [-0.1, -0.05) is 12.1 Å². The maximum atomic E-state index is 9.82. The zero-order valence-corrected chi connectivity index (χ0v) is 11.5. The molecule has 0 bridgehead atoms. The highest BCUT2D eigenvalue weighted by atomic mass is 16.5. The van der Waals surface area contributed by atoms with Gasteiger partial charge in [0.2, 0.25) is 0 Å². The van der Waals surface area contributed by atoms with Crippen LogP contribution in [0.1, 0.15) is 18.4 Å². The van der Waals surface area contributed by atoms with Gasteiger partial charge >= 0.3 is 0 Å². The van der Waals surface area contributed by atoms with Gasteiger partial charge in [0.25, 0.3) is 0 Å². The first-order chi connectivity index (χ1) is 9.22. The summed E-state index contributed by atoms with van der Waals surface area (Å²) >= 11 is 0. The average molecular weight is 262 g/mol. The Hall–Kier alpha value is -1.26. The molecule has 2 aliphatic rings. The van der Waals surface area contributed by atoms with Crippen LogP contribution in [0.15, 0.2) is 18.2 Å². The lowest BCUT2D eigenvalue weighted by Gasteiger charge is -2.23. The molecule has 1 spiro atoms. The molecule has 0 radical (unpaired) electrons. The quantitative estimate of drug-likeness (QED) is 0.868. The molecule has 2 heterocycles. The minimum atomic E-state index is 0.233. The number of aromatic hydroxyl groups is 1. The highest BCUT2D eigenvalue weighted by Crippen LogP contribution is 2.38. The largest absolute Gasteiger partial charge is 0.504 e. The second-order valence-electron chi connectivity index (χ2n) is 5.86. The first-order valence-corrected chi connectivity index (χ1v) is 7.00. The van der Waals surface area contributed by atoms with E-state index in [1.165, 1.54) is 12.8 Å². The molecule has 104 valence electrons. The summed E-state index contributed by atoms with van der Waals surface area (Å²) < 4.78 is 5.31. The molecule has 1 aromatic carbocycles. The molecule has 0 aliphatic carbocycles. The number of hydrogen-bond acceptors (Lipinski definition) is 4. The second kappa shape index (κ2) is 5.02. The summed E-state index contributed by atoms with van der Waals surface area (Å²) in [6.07, 6.45) is 2.57. The van der Waals surface area contributed by atoms with Crippen molar-refractivity contribution in [2.24, 2.45) is 5.41 Å². The molecule has 1 atom stereocenters. The predicted octanol–water partition coefficient (Wildman–Crippen LogP) is 1.59. The van der Waals surface area contributed by atoms with E-state index in [4.69, 9.17) is 4.74 Å². The van der Waals surface area contributed by atoms with Crippen LogP contribution in [0.5, 0.6) is 11.5 Å².